The first-order chi connectivity index (χ1) is 11.3. The van der Waals surface area contributed by atoms with Gasteiger partial charge in [-0.15, -0.1) is 0 Å². The molecule has 1 N–H and O–H groups in total. The number of nitrogens with zero attached hydrogens (tertiary/aromatic N) is 1. The normalized spacial score (nSPS) is 21.0. The first kappa shape index (κ1) is 15.6. The summed E-state index contributed by atoms with van der Waals surface area (Å²) in [7, 11) is 0. The second kappa shape index (κ2) is 7.29. The van der Waals surface area contributed by atoms with Crippen LogP contribution in [-0.4, -0.2) is 30.7 Å². The summed E-state index contributed by atoms with van der Waals surface area (Å²) in [5.41, 5.74) is 2.29. The molecule has 23 heavy (non-hydrogen) atoms. The fourth-order valence-corrected chi connectivity index (χ4v) is 3.17. The van der Waals surface area contributed by atoms with Crippen molar-refractivity contribution < 1.29 is 9.53 Å². The van der Waals surface area contributed by atoms with Crippen LogP contribution >= 0.6 is 0 Å². The van der Waals surface area contributed by atoms with Crippen LogP contribution in [0.2, 0.25) is 0 Å². The SMILES string of the molecule is CCOC(=O)N1CCNC(c2ccccc2)C1c1ccccc1. The van der Waals surface area contributed by atoms with E-state index in [9.17, 15) is 4.79 Å². The molecule has 2 unspecified atom stereocenters. The first-order valence-corrected chi connectivity index (χ1v) is 8.08. The van der Waals surface area contributed by atoms with Gasteiger partial charge in [0.25, 0.3) is 0 Å². The standard InChI is InChI=1S/C19H22N2O2/c1-2-23-19(22)21-14-13-20-17(15-9-5-3-6-10-15)18(21)16-11-7-4-8-12-16/h3-12,17-18,20H,2,13-14H2,1H3. The number of carbonyl (C=O) groups excluding carboxylic acids is 1. The molecular formula is C19H22N2O2. The predicted octanol–water partition coefficient (Wildman–Crippen LogP) is 3.53. The number of hydrogen-bond acceptors (Lipinski definition) is 3. The van der Waals surface area contributed by atoms with Crippen LogP contribution in [0.15, 0.2) is 60.7 Å². The third-order valence-corrected chi connectivity index (χ3v) is 4.17. The van der Waals surface area contributed by atoms with Gasteiger partial charge in [-0.1, -0.05) is 60.7 Å². The molecule has 3 rings (SSSR count). The molecule has 4 heteroatoms. The highest BCUT2D eigenvalue weighted by molar-refractivity contribution is 5.69. The van der Waals surface area contributed by atoms with E-state index in [1.165, 1.54) is 5.56 Å². The van der Waals surface area contributed by atoms with Gasteiger partial charge in [0.15, 0.2) is 0 Å². The van der Waals surface area contributed by atoms with Crippen LogP contribution in [0.25, 0.3) is 0 Å². The van der Waals surface area contributed by atoms with Gasteiger partial charge >= 0.3 is 6.09 Å². The van der Waals surface area contributed by atoms with Crippen LogP contribution in [0.3, 0.4) is 0 Å². The lowest BCUT2D eigenvalue weighted by Crippen LogP contribution is -2.50. The summed E-state index contributed by atoms with van der Waals surface area (Å²) >= 11 is 0. The molecule has 2 aromatic carbocycles. The first-order valence-electron chi connectivity index (χ1n) is 8.08. The summed E-state index contributed by atoms with van der Waals surface area (Å²) in [6, 6.07) is 20.4. The smallest absolute Gasteiger partial charge is 0.410 e. The molecule has 120 valence electrons. The van der Waals surface area contributed by atoms with Gasteiger partial charge in [0.1, 0.15) is 0 Å². The molecule has 1 aliphatic heterocycles. The average molecular weight is 310 g/mol. The Morgan fingerprint density at radius 2 is 1.70 bits per heavy atom. The van der Waals surface area contributed by atoms with Crippen molar-refractivity contribution in [1.29, 1.82) is 0 Å². The monoisotopic (exact) mass is 310 g/mol. The number of benzene rings is 2. The Hall–Kier alpha value is -2.33. The summed E-state index contributed by atoms with van der Waals surface area (Å²) in [6.45, 7) is 3.62. The highest BCUT2D eigenvalue weighted by Gasteiger charge is 2.36. The summed E-state index contributed by atoms with van der Waals surface area (Å²) < 4.78 is 5.28. The van der Waals surface area contributed by atoms with Crippen LogP contribution in [0.5, 0.6) is 0 Å². The van der Waals surface area contributed by atoms with Crippen molar-refractivity contribution in [2.45, 2.75) is 19.0 Å². The van der Waals surface area contributed by atoms with Crippen LogP contribution in [0.4, 0.5) is 4.79 Å². The van der Waals surface area contributed by atoms with Gasteiger partial charge in [-0.25, -0.2) is 4.79 Å². The zero-order chi connectivity index (χ0) is 16.1. The van der Waals surface area contributed by atoms with Crippen LogP contribution in [-0.2, 0) is 4.74 Å². The fraction of sp³-hybridized carbons (Fsp3) is 0.316. The molecule has 0 spiro atoms. The molecule has 2 aromatic rings. The summed E-state index contributed by atoms with van der Waals surface area (Å²) in [5.74, 6) is 0. The van der Waals surface area contributed by atoms with Gasteiger partial charge in [0.05, 0.1) is 18.7 Å². The van der Waals surface area contributed by atoms with Crippen LogP contribution in [0, 0.1) is 0 Å². The number of rotatable bonds is 3. The molecule has 0 bridgehead atoms. The average Bonchev–Trinajstić information content (AvgIpc) is 2.63. The van der Waals surface area contributed by atoms with Gasteiger partial charge in [-0.2, -0.15) is 0 Å². The largest absolute Gasteiger partial charge is 0.450 e. The van der Waals surface area contributed by atoms with E-state index in [1.54, 1.807) is 0 Å². The molecule has 2 atom stereocenters. The summed E-state index contributed by atoms with van der Waals surface area (Å²) in [5, 5.41) is 3.56. The van der Waals surface area contributed by atoms with E-state index < -0.39 is 0 Å². The van der Waals surface area contributed by atoms with Crippen LogP contribution in [0.1, 0.15) is 30.1 Å². The molecule has 0 aliphatic carbocycles. The third kappa shape index (κ3) is 3.37. The van der Waals surface area contributed by atoms with E-state index in [2.05, 4.69) is 29.6 Å². The van der Waals surface area contributed by atoms with E-state index in [1.807, 2.05) is 48.2 Å². The quantitative estimate of drug-likeness (QED) is 0.943. The molecule has 1 aliphatic rings. The minimum atomic E-state index is -0.246. The molecule has 1 saturated heterocycles. The number of ether oxygens (including phenoxy) is 1. The zero-order valence-electron chi connectivity index (χ0n) is 13.3. The van der Waals surface area contributed by atoms with Crippen molar-refractivity contribution in [2.24, 2.45) is 0 Å². The van der Waals surface area contributed by atoms with E-state index in [4.69, 9.17) is 4.74 Å². The molecule has 0 radical (unpaired) electrons. The van der Waals surface area contributed by atoms with Crippen LogP contribution < -0.4 is 5.32 Å². The highest BCUT2D eigenvalue weighted by Crippen LogP contribution is 2.36. The maximum Gasteiger partial charge on any atom is 0.410 e. The van der Waals surface area contributed by atoms with Gasteiger partial charge < -0.3 is 10.1 Å². The van der Waals surface area contributed by atoms with E-state index in [0.29, 0.717) is 13.2 Å². The molecular weight excluding hydrogens is 288 g/mol. The van der Waals surface area contributed by atoms with Crippen molar-refractivity contribution >= 4 is 6.09 Å². The second-order valence-corrected chi connectivity index (χ2v) is 5.59. The minimum Gasteiger partial charge on any atom is -0.450 e. The number of hydrogen-bond donors (Lipinski definition) is 1. The summed E-state index contributed by atoms with van der Waals surface area (Å²) in [6.07, 6.45) is -0.246. The van der Waals surface area contributed by atoms with Crippen molar-refractivity contribution in [3.05, 3.63) is 71.8 Å². The van der Waals surface area contributed by atoms with Gasteiger partial charge in [-0.05, 0) is 18.1 Å². The molecule has 1 heterocycles. The maximum atomic E-state index is 12.4. The Bertz CT molecular complexity index is 630. The Kier molecular flexibility index (Phi) is 4.93. The predicted molar refractivity (Wildman–Crippen MR) is 90.1 cm³/mol. The summed E-state index contributed by atoms with van der Waals surface area (Å²) in [4.78, 5) is 14.3. The van der Waals surface area contributed by atoms with E-state index in [-0.39, 0.29) is 18.2 Å². The number of nitrogens with one attached hydrogen (secondary N) is 1. The minimum absolute atomic E-state index is 0.0526. The van der Waals surface area contributed by atoms with Gasteiger partial charge in [-0.3, -0.25) is 4.90 Å². The molecule has 0 saturated carbocycles. The number of amides is 1. The number of carbonyl (C=O) groups is 1. The Labute approximate surface area is 137 Å². The fourth-order valence-electron chi connectivity index (χ4n) is 3.17. The molecule has 1 fully saturated rings. The lowest BCUT2D eigenvalue weighted by molar-refractivity contribution is 0.0666. The second-order valence-electron chi connectivity index (χ2n) is 5.59. The third-order valence-electron chi connectivity index (χ3n) is 4.17. The van der Waals surface area contributed by atoms with E-state index in [0.717, 1.165) is 12.1 Å². The lowest BCUT2D eigenvalue weighted by atomic mass is 9.90. The van der Waals surface area contributed by atoms with Crippen molar-refractivity contribution in [3.8, 4) is 0 Å². The van der Waals surface area contributed by atoms with Crippen molar-refractivity contribution in [1.82, 2.24) is 10.2 Å². The van der Waals surface area contributed by atoms with Crippen molar-refractivity contribution in [3.63, 3.8) is 0 Å². The number of piperazine rings is 1. The Morgan fingerprint density at radius 1 is 1.09 bits per heavy atom. The highest BCUT2D eigenvalue weighted by atomic mass is 16.6. The molecule has 0 aromatic heterocycles. The maximum absolute atomic E-state index is 12.4. The van der Waals surface area contributed by atoms with Crippen molar-refractivity contribution in [2.75, 3.05) is 19.7 Å². The van der Waals surface area contributed by atoms with E-state index >= 15 is 0 Å². The zero-order valence-corrected chi connectivity index (χ0v) is 13.3. The Morgan fingerprint density at radius 3 is 2.30 bits per heavy atom. The topological polar surface area (TPSA) is 41.6 Å². The molecule has 1 amide bonds. The van der Waals surface area contributed by atoms with Gasteiger partial charge in [0.2, 0.25) is 0 Å². The Balaban J connectivity index is 1.99. The molecule has 4 nitrogen and oxygen atoms in total. The lowest BCUT2D eigenvalue weighted by Gasteiger charge is -2.41. The van der Waals surface area contributed by atoms with Gasteiger partial charge in [0, 0.05) is 13.1 Å².